The first-order valence-corrected chi connectivity index (χ1v) is 6.81. The van der Waals surface area contributed by atoms with Gasteiger partial charge in [0.2, 0.25) is 0 Å². The highest BCUT2D eigenvalue weighted by Gasteiger charge is 2.28. The predicted octanol–water partition coefficient (Wildman–Crippen LogP) is 4.69. The fourth-order valence-corrected chi connectivity index (χ4v) is 2.41. The fraction of sp³-hybridized carbons (Fsp3) is 0.250. The van der Waals surface area contributed by atoms with E-state index in [4.69, 9.17) is 4.52 Å². The average molecular weight is 306 g/mol. The van der Waals surface area contributed by atoms with Crippen LogP contribution in [-0.2, 0) is 6.42 Å². The fourth-order valence-electron chi connectivity index (χ4n) is 2.41. The number of para-hydroxylation sites is 1. The molecule has 0 aliphatic carbocycles. The molecule has 0 aliphatic rings. The maximum Gasteiger partial charge on any atom is 0.389 e. The van der Waals surface area contributed by atoms with Gasteiger partial charge in [-0.25, -0.2) is 0 Å². The third-order valence-corrected chi connectivity index (χ3v) is 3.55. The molecule has 0 amide bonds. The van der Waals surface area contributed by atoms with Crippen LogP contribution in [0.5, 0.6) is 0 Å². The first-order valence-electron chi connectivity index (χ1n) is 6.81. The average Bonchev–Trinajstić information content (AvgIpc) is 2.88. The summed E-state index contributed by atoms with van der Waals surface area (Å²) in [4.78, 5) is 4.09. The summed E-state index contributed by atoms with van der Waals surface area (Å²) < 4.78 is 42.4. The van der Waals surface area contributed by atoms with Gasteiger partial charge in [0.05, 0.1) is 5.69 Å². The third-order valence-electron chi connectivity index (χ3n) is 3.55. The van der Waals surface area contributed by atoms with Crippen LogP contribution in [-0.4, -0.2) is 16.3 Å². The summed E-state index contributed by atoms with van der Waals surface area (Å²) in [5.74, 6) is 0. The Kier molecular flexibility index (Phi) is 3.60. The lowest BCUT2D eigenvalue weighted by Gasteiger charge is -2.05. The quantitative estimate of drug-likeness (QED) is 0.704. The van der Waals surface area contributed by atoms with Crippen LogP contribution < -0.4 is 0 Å². The largest absolute Gasteiger partial charge is 0.389 e. The van der Waals surface area contributed by atoms with E-state index in [-0.39, 0.29) is 6.42 Å². The van der Waals surface area contributed by atoms with Gasteiger partial charge in [-0.3, -0.25) is 4.98 Å². The van der Waals surface area contributed by atoms with Gasteiger partial charge in [0, 0.05) is 41.7 Å². The van der Waals surface area contributed by atoms with Gasteiger partial charge in [0.15, 0.2) is 5.58 Å². The number of benzene rings is 1. The number of nitrogens with zero attached hydrogens (tertiary/aromatic N) is 2. The van der Waals surface area contributed by atoms with Crippen molar-refractivity contribution in [1.29, 1.82) is 0 Å². The number of rotatable bonds is 3. The molecule has 1 aromatic carbocycles. The summed E-state index contributed by atoms with van der Waals surface area (Å²) >= 11 is 0. The zero-order chi connectivity index (χ0) is 15.7. The van der Waals surface area contributed by atoms with E-state index < -0.39 is 12.6 Å². The lowest BCUT2D eigenvalue weighted by molar-refractivity contribution is -0.134. The molecule has 0 saturated carbocycles. The Morgan fingerprint density at radius 2 is 1.95 bits per heavy atom. The predicted molar refractivity (Wildman–Crippen MR) is 76.4 cm³/mol. The molecule has 0 spiro atoms. The Balaban J connectivity index is 2.05. The lowest BCUT2D eigenvalue weighted by Crippen LogP contribution is -2.08. The van der Waals surface area contributed by atoms with E-state index in [1.807, 2.05) is 19.1 Å². The molecular formula is C16H13F3N2O. The molecule has 0 N–H and O–H groups in total. The standard InChI is InChI=1S/C16H13F3N2O/c1-10-6-8-20-9-13(10)11-3-2-4-12-14(21-22-15(11)12)5-7-16(17,18)19/h2-4,6,8-9H,5,7H2,1H3. The zero-order valence-corrected chi connectivity index (χ0v) is 11.8. The van der Waals surface area contributed by atoms with Crippen molar-refractivity contribution in [1.82, 2.24) is 10.1 Å². The van der Waals surface area contributed by atoms with Gasteiger partial charge in [-0.2, -0.15) is 13.2 Å². The van der Waals surface area contributed by atoms with Crippen molar-refractivity contribution < 1.29 is 17.7 Å². The van der Waals surface area contributed by atoms with Crippen LogP contribution in [0.3, 0.4) is 0 Å². The van der Waals surface area contributed by atoms with Crippen LogP contribution >= 0.6 is 0 Å². The van der Waals surface area contributed by atoms with Crippen LogP contribution in [0.2, 0.25) is 0 Å². The van der Waals surface area contributed by atoms with Gasteiger partial charge < -0.3 is 4.52 Å². The lowest BCUT2D eigenvalue weighted by atomic mass is 10.00. The molecule has 22 heavy (non-hydrogen) atoms. The molecule has 0 saturated heterocycles. The van der Waals surface area contributed by atoms with E-state index in [1.54, 1.807) is 24.5 Å². The molecule has 0 unspecified atom stereocenters. The Hall–Kier alpha value is -2.37. The van der Waals surface area contributed by atoms with Crippen LogP contribution in [0, 0.1) is 6.92 Å². The number of hydrogen-bond donors (Lipinski definition) is 0. The highest BCUT2D eigenvalue weighted by atomic mass is 19.4. The van der Waals surface area contributed by atoms with Crippen molar-refractivity contribution in [2.45, 2.75) is 25.9 Å². The minimum atomic E-state index is -4.21. The number of aromatic nitrogens is 2. The number of alkyl halides is 3. The molecule has 3 rings (SSSR count). The van der Waals surface area contributed by atoms with Crippen LogP contribution in [0.1, 0.15) is 17.7 Å². The second-order valence-electron chi connectivity index (χ2n) is 5.12. The number of halogens is 3. The van der Waals surface area contributed by atoms with Crippen LogP contribution in [0.25, 0.3) is 22.1 Å². The summed E-state index contributed by atoms with van der Waals surface area (Å²) in [7, 11) is 0. The molecule has 2 aromatic heterocycles. The van der Waals surface area contributed by atoms with Crippen molar-refractivity contribution in [3.05, 3.63) is 47.9 Å². The molecule has 114 valence electrons. The minimum Gasteiger partial charge on any atom is -0.355 e. The highest BCUT2D eigenvalue weighted by molar-refractivity contribution is 5.94. The summed E-state index contributed by atoms with van der Waals surface area (Å²) in [6.07, 6.45) is -1.91. The summed E-state index contributed by atoms with van der Waals surface area (Å²) in [6, 6.07) is 7.24. The monoisotopic (exact) mass is 306 g/mol. The molecule has 0 fully saturated rings. The molecule has 0 radical (unpaired) electrons. The Bertz CT molecular complexity index is 809. The number of pyridine rings is 1. The minimum absolute atomic E-state index is 0.189. The second-order valence-corrected chi connectivity index (χ2v) is 5.12. The molecule has 3 aromatic rings. The summed E-state index contributed by atoms with van der Waals surface area (Å²) in [5.41, 5.74) is 3.50. The number of aryl methyl sites for hydroxylation is 2. The normalized spacial score (nSPS) is 12.0. The summed E-state index contributed by atoms with van der Waals surface area (Å²) in [5, 5.41) is 4.43. The van der Waals surface area contributed by atoms with E-state index in [1.165, 1.54) is 0 Å². The molecule has 6 heteroatoms. The van der Waals surface area contributed by atoms with E-state index in [0.717, 1.165) is 16.7 Å². The topological polar surface area (TPSA) is 38.9 Å². The molecule has 0 aliphatic heterocycles. The van der Waals surface area contributed by atoms with Crippen molar-refractivity contribution in [3.63, 3.8) is 0 Å². The molecule has 3 nitrogen and oxygen atoms in total. The van der Waals surface area contributed by atoms with Crippen molar-refractivity contribution in [2.24, 2.45) is 0 Å². The van der Waals surface area contributed by atoms with E-state index in [0.29, 0.717) is 16.7 Å². The van der Waals surface area contributed by atoms with Gasteiger partial charge in [-0.05, 0) is 24.6 Å². The maximum absolute atomic E-state index is 12.4. The van der Waals surface area contributed by atoms with Crippen molar-refractivity contribution >= 4 is 11.0 Å². The Morgan fingerprint density at radius 1 is 1.14 bits per heavy atom. The maximum atomic E-state index is 12.4. The highest BCUT2D eigenvalue weighted by Crippen LogP contribution is 2.33. The molecule has 0 bridgehead atoms. The van der Waals surface area contributed by atoms with E-state index in [2.05, 4.69) is 10.1 Å². The second kappa shape index (κ2) is 5.44. The van der Waals surface area contributed by atoms with E-state index >= 15 is 0 Å². The van der Waals surface area contributed by atoms with Crippen molar-refractivity contribution in [2.75, 3.05) is 0 Å². The Morgan fingerprint density at radius 3 is 2.68 bits per heavy atom. The van der Waals surface area contributed by atoms with E-state index in [9.17, 15) is 13.2 Å². The molecule has 2 heterocycles. The Labute approximate surface area is 124 Å². The van der Waals surface area contributed by atoms with Gasteiger partial charge in [0.1, 0.15) is 0 Å². The van der Waals surface area contributed by atoms with Gasteiger partial charge in [-0.1, -0.05) is 17.3 Å². The van der Waals surface area contributed by atoms with Gasteiger partial charge in [0.25, 0.3) is 0 Å². The first kappa shape index (κ1) is 14.6. The first-order chi connectivity index (χ1) is 10.5. The third kappa shape index (κ3) is 2.81. The smallest absolute Gasteiger partial charge is 0.355 e. The number of fused-ring (bicyclic) bond motifs is 1. The summed E-state index contributed by atoms with van der Waals surface area (Å²) in [6.45, 7) is 1.94. The van der Waals surface area contributed by atoms with Crippen LogP contribution in [0.4, 0.5) is 13.2 Å². The van der Waals surface area contributed by atoms with Crippen molar-refractivity contribution in [3.8, 4) is 11.1 Å². The molecular weight excluding hydrogens is 293 g/mol. The van der Waals surface area contributed by atoms with Gasteiger partial charge >= 0.3 is 6.18 Å². The van der Waals surface area contributed by atoms with Crippen LogP contribution in [0.15, 0.2) is 41.2 Å². The SMILES string of the molecule is Cc1ccncc1-c1cccc2c(CCC(F)(F)F)noc12. The zero-order valence-electron chi connectivity index (χ0n) is 11.8. The van der Waals surface area contributed by atoms with Gasteiger partial charge in [-0.15, -0.1) is 0 Å². The molecule has 0 atom stereocenters. The number of hydrogen-bond acceptors (Lipinski definition) is 3.